The Morgan fingerprint density at radius 1 is 0.506 bits per heavy atom. The summed E-state index contributed by atoms with van der Waals surface area (Å²) in [6.45, 7) is -2.21. The first kappa shape index (κ1) is 62.6. The highest BCUT2D eigenvalue weighted by atomic mass is 16.8. The number of carbonyl (C=O) groups excluding carboxylic acids is 2. The van der Waals surface area contributed by atoms with Gasteiger partial charge in [0, 0.05) is 45.1 Å². The molecule has 4 saturated heterocycles. The van der Waals surface area contributed by atoms with Crippen LogP contribution in [0, 0.1) is 23.7 Å². The molecule has 79 heavy (non-hydrogen) atoms. The molecule has 4 saturated carbocycles. The second-order valence-corrected chi connectivity index (χ2v) is 22.8. The Kier molecular flexibility index (Phi) is 22.5. The molecule has 4 aliphatic carbocycles. The van der Waals surface area contributed by atoms with E-state index in [2.05, 4.69) is 0 Å². The summed E-state index contributed by atoms with van der Waals surface area (Å²) in [7, 11) is 2.96. The molecule has 8 fully saturated rings. The summed E-state index contributed by atoms with van der Waals surface area (Å²) < 4.78 is 64.5. The number of carbonyl (C=O) groups is 2. The lowest BCUT2D eigenvalue weighted by Crippen LogP contribution is -2.66. The highest BCUT2D eigenvalue weighted by molar-refractivity contribution is 5.82. The normalized spacial score (nSPS) is 48.1. The van der Waals surface area contributed by atoms with Crippen LogP contribution >= 0.6 is 0 Å². The molecule has 0 aromatic heterocycles. The molecule has 8 aliphatic rings. The van der Waals surface area contributed by atoms with Gasteiger partial charge in [0.15, 0.2) is 37.2 Å². The first-order valence-corrected chi connectivity index (χ1v) is 27.9. The van der Waals surface area contributed by atoms with Crippen LogP contribution in [0.25, 0.3) is 0 Å². The van der Waals surface area contributed by atoms with Crippen LogP contribution in [0.3, 0.4) is 0 Å². The lowest BCUT2D eigenvalue weighted by atomic mass is 9.73. The molecular weight excluding hydrogens is 1050 g/mol. The van der Waals surface area contributed by atoms with Crippen molar-refractivity contribution in [1.82, 2.24) is 0 Å². The first-order valence-electron chi connectivity index (χ1n) is 27.9. The quantitative estimate of drug-likeness (QED) is 0.0351. The highest BCUT2D eigenvalue weighted by Crippen LogP contribution is 2.44. The van der Waals surface area contributed by atoms with Gasteiger partial charge in [-0.2, -0.15) is 0 Å². The lowest BCUT2D eigenvalue weighted by Gasteiger charge is -2.50. The molecule has 0 amide bonds. The van der Waals surface area contributed by atoms with E-state index in [9.17, 15) is 76.0 Å². The number of ether oxygens (including phenoxy) is 11. The molecular formula is C53H85O26+. The number of hydrogen-bond donors (Lipinski definition) is 13. The third-order valence-electron chi connectivity index (χ3n) is 17.5. The van der Waals surface area contributed by atoms with Crippen LogP contribution in [0.15, 0.2) is 24.3 Å². The summed E-state index contributed by atoms with van der Waals surface area (Å²) >= 11 is 0. The van der Waals surface area contributed by atoms with Crippen LogP contribution in [-0.4, -0.2) is 270 Å². The molecule has 0 radical (unpaired) electrons. The van der Waals surface area contributed by atoms with E-state index in [1.54, 1.807) is 12.2 Å². The van der Waals surface area contributed by atoms with Crippen LogP contribution in [0.2, 0.25) is 0 Å². The van der Waals surface area contributed by atoms with Crippen molar-refractivity contribution in [2.24, 2.45) is 23.7 Å². The maximum Gasteiger partial charge on any atom is 0.330 e. The van der Waals surface area contributed by atoms with Crippen molar-refractivity contribution < 1.29 is 128 Å². The minimum Gasteiger partial charge on any atom is -0.460 e. The predicted octanol–water partition coefficient (Wildman–Crippen LogP) is -4.26. The zero-order chi connectivity index (χ0) is 56.8. The van der Waals surface area contributed by atoms with Gasteiger partial charge in [-0.05, 0) is 82.5 Å². The van der Waals surface area contributed by atoms with Crippen LogP contribution in [0.4, 0.5) is 0 Å². The van der Waals surface area contributed by atoms with Crippen molar-refractivity contribution in [3.8, 4) is 0 Å². The molecule has 4 heterocycles. The van der Waals surface area contributed by atoms with Gasteiger partial charge >= 0.3 is 11.9 Å². The summed E-state index contributed by atoms with van der Waals surface area (Å²) in [4.78, 5) is 26.5. The number of allylic oxidation sites excluding steroid dienone is 2. The van der Waals surface area contributed by atoms with E-state index in [1.165, 1.54) is 20.3 Å². The summed E-state index contributed by atoms with van der Waals surface area (Å²) in [5.74, 6) is -2.90. The van der Waals surface area contributed by atoms with E-state index < -0.39 is 191 Å². The fourth-order valence-corrected chi connectivity index (χ4v) is 12.8. The maximum absolute atomic E-state index is 13.3. The number of methoxy groups -OCH3 is 2. The Hall–Kier alpha value is -2.46. The van der Waals surface area contributed by atoms with Gasteiger partial charge < -0.3 is 118 Å². The number of rotatable bonds is 18. The predicted molar refractivity (Wildman–Crippen MR) is 265 cm³/mol. The zero-order valence-corrected chi connectivity index (χ0v) is 44.5. The minimum absolute atomic E-state index is 0.00213. The largest absolute Gasteiger partial charge is 0.460 e. The van der Waals surface area contributed by atoms with Crippen molar-refractivity contribution in [3.05, 3.63) is 24.3 Å². The fraction of sp³-hybridized carbons (Fsp3) is 0.887. The number of esters is 2. The standard InChI is InChI=1S/C53H84O26/c1-69-33-15-23(3-11-29(33)58)5-13-39(60)71-22-38-42(63)45(66)50(79-52-47(68)49(43(64)37(21-55)76-52)78-40(61)14-6-24-4-12-30(59)34(16-24)70-2)53(77-38)74-35-19-28-31(72-48(35)25-7-9-26(56)10-8-25)17-27(57)18-32(28)73-51-46(67)44(65)41(62)36(20-54)75-51/h5-6,13-14,23-38,41-59,62-68H,3-4,7-12,15-22H2,1-2H3/p+1/t23?,24?,25?,26?,27?,28?,29?,30?,31?,32?,33?,34?,35?,36-,37+,38+,41+,42+,43+,44-,45-,46+,47+,48?,49-,50+,51+,52-,53+/m1/s1. The molecule has 8 rings (SSSR count). The van der Waals surface area contributed by atoms with Gasteiger partial charge in [-0.1, -0.05) is 12.2 Å². The first-order chi connectivity index (χ1) is 37.8. The topological polar surface area (TPSA) is 402 Å². The molecule has 26 nitrogen and oxygen atoms in total. The Balaban J connectivity index is 1.05. The third kappa shape index (κ3) is 15.1. The van der Waals surface area contributed by atoms with Gasteiger partial charge in [-0.25, -0.2) is 9.59 Å². The Morgan fingerprint density at radius 2 is 1.06 bits per heavy atom. The van der Waals surface area contributed by atoms with Gasteiger partial charge in [-0.15, -0.1) is 0 Å². The van der Waals surface area contributed by atoms with Crippen LogP contribution in [0.5, 0.6) is 0 Å². The van der Waals surface area contributed by atoms with Crippen molar-refractivity contribution in [1.29, 1.82) is 0 Å². The number of hydrogen-bond acceptors (Lipinski definition) is 25. The van der Waals surface area contributed by atoms with Gasteiger partial charge in [0.1, 0.15) is 79.9 Å². The van der Waals surface area contributed by atoms with E-state index in [1.807, 2.05) is 0 Å². The molecule has 452 valence electrons. The number of aliphatic hydroxyl groups excluding tert-OH is 13. The van der Waals surface area contributed by atoms with Crippen LogP contribution < -0.4 is 0 Å². The maximum atomic E-state index is 13.3. The van der Waals surface area contributed by atoms with E-state index in [4.69, 9.17) is 52.1 Å². The third-order valence-corrected chi connectivity index (χ3v) is 17.5. The Bertz CT molecular complexity index is 1970. The number of aliphatic hydroxyl groups is 15. The van der Waals surface area contributed by atoms with Crippen molar-refractivity contribution in [3.63, 3.8) is 0 Å². The van der Waals surface area contributed by atoms with Crippen molar-refractivity contribution in [2.75, 3.05) is 34.0 Å². The van der Waals surface area contributed by atoms with Gasteiger partial charge in [0.25, 0.3) is 0 Å². The van der Waals surface area contributed by atoms with E-state index in [0.29, 0.717) is 64.2 Å². The fourth-order valence-electron chi connectivity index (χ4n) is 12.8. The Labute approximate surface area is 457 Å². The van der Waals surface area contributed by atoms with Crippen LogP contribution in [-0.2, 0) is 57.0 Å². The molecule has 0 spiro atoms. The zero-order valence-electron chi connectivity index (χ0n) is 44.5. The Morgan fingerprint density at radius 3 is 1.67 bits per heavy atom. The molecule has 0 bridgehead atoms. The summed E-state index contributed by atoms with van der Waals surface area (Å²) in [5, 5.41) is 141. The monoisotopic (exact) mass is 1140 g/mol. The van der Waals surface area contributed by atoms with E-state index >= 15 is 0 Å². The molecule has 12 unspecified atom stereocenters. The minimum atomic E-state index is -2.01. The second-order valence-electron chi connectivity index (χ2n) is 22.8. The summed E-state index contributed by atoms with van der Waals surface area (Å²) in [6.07, 6.45) is -22.3. The van der Waals surface area contributed by atoms with E-state index in [-0.39, 0.29) is 37.0 Å². The molecule has 14 N–H and O–H groups in total. The van der Waals surface area contributed by atoms with Gasteiger partial charge in [0.2, 0.25) is 0 Å². The second kappa shape index (κ2) is 28.4. The van der Waals surface area contributed by atoms with Gasteiger partial charge in [-0.3, -0.25) is 0 Å². The molecule has 0 aromatic rings. The van der Waals surface area contributed by atoms with Crippen molar-refractivity contribution in [2.45, 2.75) is 237 Å². The average molecular weight is 1140 g/mol. The molecule has 27 atom stereocenters. The molecule has 0 aromatic carbocycles. The summed E-state index contributed by atoms with van der Waals surface area (Å²) in [6, 6.07) is 0. The van der Waals surface area contributed by atoms with Gasteiger partial charge in [0.05, 0.1) is 61.9 Å². The highest BCUT2D eigenvalue weighted by Gasteiger charge is 2.58. The number of fused-ring (bicyclic) bond motifs is 1. The molecule has 4 aliphatic heterocycles. The SMILES string of the molecule is COC1CC(C=CC(=O)OC[C@@H]2O[C@H](OC3CC4C(O[C@H]5O[C@H](CO)[C@H](O)[C@@H](O)[C@@H]5O)CC(O)CC4[OH+]C3C3CCC(O)CC3)[C@@H](O[C@H]3O[C@@H](CO)[C@H](O)[C@@H](OC(=O)C=CC4CCC(O)C(OC)C4)[C@@H]3O)[C@H](O)[C@H]2O)CCC1O. The van der Waals surface area contributed by atoms with E-state index in [0.717, 1.165) is 6.08 Å². The van der Waals surface area contributed by atoms with Crippen molar-refractivity contribution >= 4 is 11.9 Å². The lowest BCUT2D eigenvalue weighted by molar-refractivity contribution is -0.389. The average Bonchev–Trinajstić information content (AvgIpc) is 3.58. The molecule has 26 heteroatoms. The summed E-state index contributed by atoms with van der Waals surface area (Å²) in [5.41, 5.74) is 0. The smallest absolute Gasteiger partial charge is 0.330 e. The van der Waals surface area contributed by atoms with Crippen LogP contribution in [0.1, 0.15) is 83.5 Å².